The molecule has 0 saturated carbocycles. The summed E-state index contributed by atoms with van der Waals surface area (Å²) in [5, 5.41) is 3.20. The largest absolute Gasteiger partial charge is 0.460 e. The Morgan fingerprint density at radius 2 is 1.84 bits per heavy atom. The Bertz CT molecular complexity index is 728. The van der Waals surface area contributed by atoms with Gasteiger partial charge >= 0.3 is 5.97 Å². The lowest BCUT2D eigenvalue weighted by Gasteiger charge is -2.14. The van der Waals surface area contributed by atoms with Gasteiger partial charge in [0.05, 0.1) is 6.61 Å². The van der Waals surface area contributed by atoms with Crippen molar-refractivity contribution in [3.63, 3.8) is 0 Å². The highest BCUT2D eigenvalue weighted by atomic mass is 16.5. The minimum absolute atomic E-state index is 0.170. The van der Waals surface area contributed by atoms with Gasteiger partial charge in [-0.1, -0.05) is 32.0 Å². The van der Waals surface area contributed by atoms with E-state index in [1.165, 1.54) is 11.1 Å². The van der Waals surface area contributed by atoms with E-state index in [1.54, 1.807) is 19.1 Å². The molecule has 0 spiro atoms. The fraction of sp³-hybridized carbons (Fsp3) is 0.368. The van der Waals surface area contributed by atoms with Gasteiger partial charge in [0, 0.05) is 5.69 Å². The molecule has 0 amide bonds. The summed E-state index contributed by atoms with van der Waals surface area (Å²) < 4.78 is 10.3. The summed E-state index contributed by atoms with van der Waals surface area (Å²) >= 11 is 0. The molecule has 25 heavy (non-hydrogen) atoms. The van der Waals surface area contributed by atoms with Gasteiger partial charge in [-0.15, -0.1) is 0 Å². The summed E-state index contributed by atoms with van der Waals surface area (Å²) in [6, 6.07) is 9.48. The highest BCUT2D eigenvalue weighted by Gasteiger charge is 2.12. The van der Waals surface area contributed by atoms with Crippen molar-refractivity contribution < 1.29 is 13.9 Å². The number of ether oxygens (including phenoxy) is 1. The maximum atomic E-state index is 11.6. The minimum Gasteiger partial charge on any atom is -0.460 e. The third-order valence-electron chi connectivity index (χ3n) is 3.80. The van der Waals surface area contributed by atoms with Crippen molar-refractivity contribution in [2.75, 3.05) is 11.9 Å². The van der Waals surface area contributed by atoms with Crippen LogP contribution in [0.4, 0.5) is 5.69 Å². The van der Waals surface area contributed by atoms with Crippen molar-refractivity contribution in [2.24, 2.45) is 10.7 Å². The molecule has 6 nitrogen and oxygen atoms in total. The van der Waals surface area contributed by atoms with Gasteiger partial charge in [0.25, 0.3) is 0 Å². The molecule has 0 fully saturated rings. The average Bonchev–Trinajstić information content (AvgIpc) is 3.09. The third kappa shape index (κ3) is 4.86. The van der Waals surface area contributed by atoms with Gasteiger partial charge in [0.1, 0.15) is 12.3 Å². The van der Waals surface area contributed by atoms with Gasteiger partial charge in [-0.3, -0.25) is 0 Å². The highest BCUT2D eigenvalue weighted by molar-refractivity contribution is 5.93. The number of hydrogen-bond donors (Lipinski definition) is 2. The van der Waals surface area contributed by atoms with Crippen LogP contribution in [0.2, 0.25) is 0 Å². The van der Waals surface area contributed by atoms with Crippen LogP contribution in [0.5, 0.6) is 0 Å². The Kier molecular flexibility index (Phi) is 6.62. The molecule has 134 valence electrons. The summed E-state index contributed by atoms with van der Waals surface area (Å²) in [4.78, 5) is 15.9. The molecule has 2 aromatic rings. The Morgan fingerprint density at radius 1 is 1.16 bits per heavy atom. The van der Waals surface area contributed by atoms with E-state index in [0.717, 1.165) is 18.5 Å². The van der Waals surface area contributed by atoms with Crippen LogP contribution in [0.3, 0.4) is 0 Å². The van der Waals surface area contributed by atoms with Crippen LogP contribution in [0, 0.1) is 0 Å². The zero-order chi connectivity index (χ0) is 18.2. The first kappa shape index (κ1) is 18.6. The smallest absolute Gasteiger partial charge is 0.374 e. The van der Waals surface area contributed by atoms with Crippen LogP contribution in [-0.4, -0.2) is 18.5 Å². The van der Waals surface area contributed by atoms with Crippen molar-refractivity contribution in [2.45, 2.75) is 40.2 Å². The first-order chi connectivity index (χ1) is 12.1. The number of para-hydroxylation sites is 1. The molecule has 0 aliphatic rings. The summed E-state index contributed by atoms with van der Waals surface area (Å²) in [6.07, 6.45) is 1.81. The molecule has 0 saturated heterocycles. The Hall–Kier alpha value is -2.76. The zero-order valence-electron chi connectivity index (χ0n) is 15.0. The van der Waals surface area contributed by atoms with Gasteiger partial charge in [-0.2, -0.15) is 0 Å². The van der Waals surface area contributed by atoms with Crippen LogP contribution in [0.25, 0.3) is 0 Å². The van der Waals surface area contributed by atoms with Gasteiger partial charge in [0.2, 0.25) is 5.76 Å². The number of benzene rings is 1. The monoisotopic (exact) mass is 343 g/mol. The number of furan rings is 1. The third-order valence-corrected chi connectivity index (χ3v) is 3.80. The Balaban J connectivity index is 2.07. The fourth-order valence-corrected chi connectivity index (χ4v) is 2.51. The van der Waals surface area contributed by atoms with E-state index in [9.17, 15) is 4.79 Å². The maximum absolute atomic E-state index is 11.6. The molecule has 3 N–H and O–H groups in total. The average molecular weight is 343 g/mol. The number of aliphatic imine (C=N–C) groups is 1. The molecule has 0 atom stereocenters. The number of rotatable bonds is 7. The second kappa shape index (κ2) is 8.92. The van der Waals surface area contributed by atoms with E-state index in [1.807, 2.05) is 0 Å². The SMILES string of the molecule is CCOC(=O)c1ccc(CN=C(N)Nc2c(CC)cccc2CC)o1. The van der Waals surface area contributed by atoms with Crippen molar-refractivity contribution in [1.29, 1.82) is 0 Å². The molecule has 1 aromatic carbocycles. The number of nitrogens with two attached hydrogens (primary N) is 1. The second-order valence-electron chi connectivity index (χ2n) is 5.47. The van der Waals surface area contributed by atoms with Crippen LogP contribution < -0.4 is 11.1 Å². The van der Waals surface area contributed by atoms with Gasteiger partial charge in [0.15, 0.2) is 5.96 Å². The number of nitrogens with zero attached hydrogens (tertiary/aromatic N) is 1. The standard InChI is InChI=1S/C19H25N3O3/c1-4-13-8-7-9-14(5-2)17(13)22-19(20)21-12-15-10-11-16(25-15)18(23)24-6-3/h7-11H,4-6,12H2,1-3H3,(H3,20,21,22). The van der Waals surface area contributed by atoms with E-state index in [-0.39, 0.29) is 12.3 Å². The number of carbonyl (C=O) groups excluding carboxylic acids is 1. The summed E-state index contributed by atoms with van der Waals surface area (Å²) in [7, 11) is 0. The zero-order valence-corrected chi connectivity index (χ0v) is 15.0. The van der Waals surface area contributed by atoms with E-state index in [2.05, 4.69) is 42.4 Å². The van der Waals surface area contributed by atoms with Gasteiger partial charge in [-0.05, 0) is 43.0 Å². The topological polar surface area (TPSA) is 89.8 Å². The van der Waals surface area contributed by atoms with Crippen molar-refractivity contribution in [3.8, 4) is 0 Å². The number of hydrogen-bond acceptors (Lipinski definition) is 4. The molecule has 0 aliphatic heterocycles. The quantitative estimate of drug-likeness (QED) is 0.456. The molecule has 0 unspecified atom stereocenters. The molecule has 2 rings (SSSR count). The fourth-order valence-electron chi connectivity index (χ4n) is 2.51. The van der Waals surface area contributed by atoms with Crippen molar-refractivity contribution in [3.05, 3.63) is 53.0 Å². The normalized spacial score (nSPS) is 11.4. The molecule has 0 bridgehead atoms. The van der Waals surface area contributed by atoms with Crippen molar-refractivity contribution in [1.82, 2.24) is 0 Å². The molecular formula is C19H25N3O3. The van der Waals surface area contributed by atoms with Crippen LogP contribution in [-0.2, 0) is 24.1 Å². The number of anilines is 1. The Morgan fingerprint density at radius 3 is 2.44 bits per heavy atom. The predicted molar refractivity (Wildman–Crippen MR) is 98.8 cm³/mol. The van der Waals surface area contributed by atoms with Gasteiger partial charge < -0.3 is 20.2 Å². The molecule has 1 aromatic heterocycles. The number of aryl methyl sites for hydroxylation is 2. The molecular weight excluding hydrogens is 318 g/mol. The molecule has 6 heteroatoms. The van der Waals surface area contributed by atoms with Crippen LogP contribution >= 0.6 is 0 Å². The lowest BCUT2D eigenvalue weighted by atomic mass is 10.0. The van der Waals surface area contributed by atoms with Crippen LogP contribution in [0.15, 0.2) is 39.7 Å². The molecule has 0 aliphatic carbocycles. The number of nitrogens with one attached hydrogen (secondary N) is 1. The first-order valence-electron chi connectivity index (χ1n) is 8.52. The lowest BCUT2D eigenvalue weighted by molar-refractivity contribution is 0.0488. The maximum Gasteiger partial charge on any atom is 0.374 e. The predicted octanol–water partition coefficient (Wildman–Crippen LogP) is 3.51. The van der Waals surface area contributed by atoms with E-state index in [0.29, 0.717) is 18.3 Å². The summed E-state index contributed by atoms with van der Waals surface area (Å²) in [6.45, 7) is 6.51. The number of esters is 1. The van der Waals surface area contributed by atoms with Crippen LogP contribution in [0.1, 0.15) is 48.2 Å². The summed E-state index contributed by atoms with van der Waals surface area (Å²) in [5.74, 6) is 0.549. The highest BCUT2D eigenvalue weighted by Crippen LogP contribution is 2.22. The number of guanidine groups is 1. The van der Waals surface area contributed by atoms with E-state index in [4.69, 9.17) is 14.9 Å². The van der Waals surface area contributed by atoms with E-state index >= 15 is 0 Å². The molecule has 1 heterocycles. The lowest BCUT2D eigenvalue weighted by Crippen LogP contribution is -2.24. The Labute approximate surface area is 148 Å². The molecule has 0 radical (unpaired) electrons. The summed E-state index contributed by atoms with van der Waals surface area (Å²) in [5.41, 5.74) is 9.42. The first-order valence-corrected chi connectivity index (χ1v) is 8.52. The van der Waals surface area contributed by atoms with E-state index < -0.39 is 5.97 Å². The van der Waals surface area contributed by atoms with Gasteiger partial charge in [-0.25, -0.2) is 9.79 Å². The second-order valence-corrected chi connectivity index (χ2v) is 5.47. The number of carbonyl (C=O) groups is 1. The van der Waals surface area contributed by atoms with Crippen molar-refractivity contribution >= 4 is 17.6 Å². The minimum atomic E-state index is -0.478.